The van der Waals surface area contributed by atoms with Crippen molar-refractivity contribution in [3.63, 3.8) is 0 Å². The molecule has 1 aliphatic rings. The molecule has 1 aromatic heterocycles. The van der Waals surface area contributed by atoms with Crippen LogP contribution in [0.25, 0.3) is 11.0 Å². The van der Waals surface area contributed by atoms with Crippen LogP contribution in [-0.2, 0) is 0 Å². The van der Waals surface area contributed by atoms with Crippen molar-refractivity contribution < 1.29 is 18.3 Å². The van der Waals surface area contributed by atoms with Gasteiger partial charge in [0.25, 0.3) is 5.91 Å². The number of ether oxygens (including phenoxy) is 1. The molecule has 0 radical (unpaired) electrons. The molecule has 1 atom stereocenters. The van der Waals surface area contributed by atoms with Gasteiger partial charge < -0.3 is 9.15 Å². The smallest absolute Gasteiger partial charge is 0.295 e. The van der Waals surface area contributed by atoms with Crippen molar-refractivity contribution in [1.29, 1.82) is 0 Å². The Kier molecular flexibility index (Phi) is 6.79. The van der Waals surface area contributed by atoms with E-state index < -0.39 is 23.2 Å². The van der Waals surface area contributed by atoms with Gasteiger partial charge in [-0.15, -0.1) is 0 Å². The van der Waals surface area contributed by atoms with Gasteiger partial charge in [-0.3, -0.25) is 14.5 Å². The Labute approximate surface area is 213 Å². The molecule has 0 fully saturated rings. The van der Waals surface area contributed by atoms with Gasteiger partial charge in [0, 0.05) is 10.7 Å². The molecule has 4 aromatic rings. The first-order valence-corrected chi connectivity index (χ1v) is 12.4. The number of benzene rings is 3. The molecule has 0 spiro atoms. The fraction of sp³-hybridized carbons (Fsp3) is 0.241. The molecular weight excluding hydrogens is 481 g/mol. The van der Waals surface area contributed by atoms with E-state index in [4.69, 9.17) is 20.8 Å². The van der Waals surface area contributed by atoms with Gasteiger partial charge in [-0.1, -0.05) is 56.0 Å². The van der Waals surface area contributed by atoms with E-state index in [0.717, 1.165) is 25.3 Å². The van der Waals surface area contributed by atoms with Crippen molar-refractivity contribution in [2.24, 2.45) is 0 Å². The molecule has 0 N–H and O–H groups in total. The summed E-state index contributed by atoms with van der Waals surface area (Å²) < 4.78 is 25.7. The van der Waals surface area contributed by atoms with Gasteiger partial charge in [0.05, 0.1) is 23.6 Å². The highest BCUT2D eigenvalue weighted by molar-refractivity contribution is 6.31. The van der Waals surface area contributed by atoms with Crippen LogP contribution in [0.5, 0.6) is 5.75 Å². The Morgan fingerprint density at radius 3 is 2.56 bits per heavy atom. The minimum atomic E-state index is -0.770. The lowest BCUT2D eigenvalue weighted by Gasteiger charge is -2.25. The van der Waals surface area contributed by atoms with Crippen molar-refractivity contribution in [2.45, 2.75) is 38.6 Å². The van der Waals surface area contributed by atoms with E-state index in [1.54, 1.807) is 24.3 Å². The Hall–Kier alpha value is -3.64. The van der Waals surface area contributed by atoms with E-state index in [1.807, 2.05) is 24.3 Å². The van der Waals surface area contributed by atoms with Gasteiger partial charge in [-0.05, 0) is 60.5 Å². The zero-order chi connectivity index (χ0) is 25.2. The fourth-order valence-corrected chi connectivity index (χ4v) is 4.80. The first-order valence-electron chi connectivity index (χ1n) is 12.1. The lowest BCUT2D eigenvalue weighted by molar-refractivity contribution is 0.0971. The average molecular weight is 506 g/mol. The molecule has 1 unspecified atom stereocenters. The van der Waals surface area contributed by atoms with E-state index >= 15 is 0 Å². The normalized spacial score (nSPS) is 14.9. The van der Waals surface area contributed by atoms with Crippen LogP contribution in [0.2, 0.25) is 5.02 Å². The van der Waals surface area contributed by atoms with Crippen LogP contribution in [0, 0.1) is 5.82 Å². The Morgan fingerprint density at radius 1 is 1.00 bits per heavy atom. The molecule has 5 nitrogen and oxygen atoms in total. The summed E-state index contributed by atoms with van der Waals surface area (Å²) in [4.78, 5) is 28.7. The van der Waals surface area contributed by atoms with Crippen LogP contribution < -0.4 is 15.1 Å². The van der Waals surface area contributed by atoms with E-state index in [1.165, 1.54) is 23.5 Å². The van der Waals surface area contributed by atoms with Gasteiger partial charge in [-0.25, -0.2) is 4.39 Å². The number of hydrogen-bond donors (Lipinski definition) is 0. The van der Waals surface area contributed by atoms with Crippen LogP contribution in [0.15, 0.2) is 75.9 Å². The number of halogens is 2. The van der Waals surface area contributed by atoms with Gasteiger partial charge in [0.2, 0.25) is 5.76 Å². The number of hydrogen-bond acceptors (Lipinski definition) is 4. The highest BCUT2D eigenvalue weighted by atomic mass is 35.5. The Balaban J connectivity index is 1.58. The molecule has 5 rings (SSSR count). The van der Waals surface area contributed by atoms with Crippen molar-refractivity contribution in [1.82, 2.24) is 0 Å². The Bertz CT molecular complexity index is 1480. The molecule has 0 saturated carbocycles. The quantitative estimate of drug-likeness (QED) is 0.236. The van der Waals surface area contributed by atoms with E-state index in [-0.39, 0.29) is 22.3 Å². The topological polar surface area (TPSA) is 59.8 Å². The van der Waals surface area contributed by atoms with E-state index in [9.17, 15) is 14.0 Å². The minimum Gasteiger partial charge on any atom is -0.494 e. The van der Waals surface area contributed by atoms with E-state index in [2.05, 4.69) is 6.92 Å². The number of rotatable bonds is 8. The summed E-state index contributed by atoms with van der Waals surface area (Å²) in [6, 6.07) is 17.1. The number of nitrogens with zero attached hydrogens (tertiary/aromatic N) is 1. The number of amides is 1. The maximum absolute atomic E-state index is 14.0. The predicted octanol–water partition coefficient (Wildman–Crippen LogP) is 7.29. The van der Waals surface area contributed by atoms with Crippen molar-refractivity contribution in [3.05, 3.63) is 105 Å². The van der Waals surface area contributed by atoms with Crippen molar-refractivity contribution in [2.75, 3.05) is 11.5 Å². The van der Waals surface area contributed by atoms with Gasteiger partial charge in [0.15, 0.2) is 5.43 Å². The number of anilines is 1. The second-order valence-electron chi connectivity index (χ2n) is 8.85. The lowest BCUT2D eigenvalue weighted by Crippen LogP contribution is -2.29. The largest absolute Gasteiger partial charge is 0.494 e. The summed E-state index contributed by atoms with van der Waals surface area (Å²) >= 11 is 6.23. The molecular formula is C29H25ClFNO4. The van der Waals surface area contributed by atoms with Crippen LogP contribution in [0.3, 0.4) is 0 Å². The van der Waals surface area contributed by atoms with Crippen molar-refractivity contribution >= 4 is 34.2 Å². The zero-order valence-electron chi connectivity index (χ0n) is 19.8. The zero-order valence-corrected chi connectivity index (χ0v) is 20.6. The third kappa shape index (κ3) is 4.49. The van der Waals surface area contributed by atoms with Crippen molar-refractivity contribution in [3.8, 4) is 5.75 Å². The Morgan fingerprint density at radius 2 is 1.81 bits per heavy atom. The first-order chi connectivity index (χ1) is 17.5. The van der Waals surface area contributed by atoms with E-state index in [0.29, 0.717) is 28.6 Å². The second-order valence-corrected chi connectivity index (χ2v) is 9.29. The monoisotopic (exact) mass is 505 g/mol. The maximum atomic E-state index is 14.0. The lowest BCUT2D eigenvalue weighted by atomic mass is 9.98. The SMILES string of the molecule is CCCCCCOc1ccc(C2c3c(oc4ccc(F)cc4c3=O)C(=O)N2c2cccc(Cl)c2)cc1. The molecule has 184 valence electrons. The summed E-state index contributed by atoms with van der Waals surface area (Å²) in [5.74, 6) is -0.360. The summed E-state index contributed by atoms with van der Waals surface area (Å²) in [5, 5.41) is 0.542. The third-order valence-corrected chi connectivity index (χ3v) is 6.62. The summed E-state index contributed by atoms with van der Waals surface area (Å²) in [6.45, 7) is 2.79. The fourth-order valence-electron chi connectivity index (χ4n) is 4.62. The molecule has 1 amide bonds. The van der Waals surface area contributed by atoms with Gasteiger partial charge >= 0.3 is 0 Å². The highest BCUT2D eigenvalue weighted by Gasteiger charge is 2.43. The molecule has 0 bridgehead atoms. The molecule has 0 saturated heterocycles. The first kappa shape index (κ1) is 24.1. The number of carbonyl (C=O) groups excluding carboxylic acids is 1. The summed E-state index contributed by atoms with van der Waals surface area (Å²) in [6.07, 6.45) is 4.44. The molecule has 0 aliphatic carbocycles. The maximum Gasteiger partial charge on any atom is 0.295 e. The second kappa shape index (κ2) is 10.2. The minimum absolute atomic E-state index is 0.0552. The summed E-state index contributed by atoms with van der Waals surface area (Å²) in [7, 11) is 0. The molecule has 7 heteroatoms. The average Bonchev–Trinajstić information content (AvgIpc) is 3.17. The van der Waals surface area contributed by atoms with Crippen LogP contribution in [0.4, 0.5) is 10.1 Å². The highest BCUT2D eigenvalue weighted by Crippen LogP contribution is 2.42. The molecule has 1 aliphatic heterocycles. The third-order valence-electron chi connectivity index (χ3n) is 6.38. The van der Waals surface area contributed by atoms with Gasteiger partial charge in [-0.2, -0.15) is 0 Å². The van der Waals surface area contributed by atoms with Gasteiger partial charge in [0.1, 0.15) is 17.1 Å². The predicted molar refractivity (Wildman–Crippen MR) is 139 cm³/mol. The standard InChI is InChI=1S/C29H25ClFNO4/c1-2-3-4-5-15-35-22-12-9-18(10-13-22)26-25-27(33)23-17-20(31)11-14-24(23)36-28(25)29(34)32(26)21-8-6-7-19(30)16-21/h6-14,16-17,26H,2-5,15H2,1H3. The number of unbranched alkanes of at least 4 members (excludes halogenated alkanes) is 3. The number of carbonyl (C=O) groups is 1. The van der Waals surface area contributed by atoms with Crippen LogP contribution in [0.1, 0.15) is 60.3 Å². The van der Waals surface area contributed by atoms with Crippen LogP contribution in [-0.4, -0.2) is 12.5 Å². The van der Waals surface area contributed by atoms with Crippen LogP contribution >= 0.6 is 11.6 Å². The molecule has 36 heavy (non-hydrogen) atoms. The molecule has 2 heterocycles. The number of fused-ring (bicyclic) bond motifs is 2. The summed E-state index contributed by atoms with van der Waals surface area (Å²) in [5.41, 5.74) is 1.11. The molecule has 3 aromatic carbocycles.